The van der Waals surface area contributed by atoms with E-state index < -0.39 is 12.0 Å². The summed E-state index contributed by atoms with van der Waals surface area (Å²) < 4.78 is 0. The topological polar surface area (TPSA) is 120 Å². The van der Waals surface area contributed by atoms with E-state index in [-0.39, 0.29) is 37.3 Å². The zero-order valence-electron chi connectivity index (χ0n) is 7.13. The van der Waals surface area contributed by atoms with Crippen molar-refractivity contribution < 1.29 is 45.0 Å². The van der Waals surface area contributed by atoms with Crippen molar-refractivity contribution >= 4 is 11.9 Å². The zero-order chi connectivity index (χ0) is 8.85. The van der Waals surface area contributed by atoms with E-state index in [1.807, 2.05) is 0 Å². The number of nitrogens with one attached hydrogen (secondary N) is 1. The van der Waals surface area contributed by atoms with E-state index in [0.29, 0.717) is 0 Å². The van der Waals surface area contributed by atoms with Crippen molar-refractivity contribution in [3.63, 3.8) is 0 Å². The molecule has 0 aliphatic rings. The Morgan fingerprint density at radius 3 is 2.23 bits per heavy atom. The first kappa shape index (κ1) is 18.1. The van der Waals surface area contributed by atoms with Gasteiger partial charge in [0.2, 0.25) is 6.04 Å². The normalized spacial score (nSPS) is 10.2. The summed E-state index contributed by atoms with van der Waals surface area (Å²) >= 11 is 0. The molecule has 0 aromatic heterocycles. The van der Waals surface area contributed by atoms with Crippen molar-refractivity contribution in [3.8, 4) is 0 Å². The second-order valence-electron chi connectivity index (χ2n) is 2.11. The van der Waals surface area contributed by atoms with E-state index in [1.165, 1.54) is 0 Å². The molecule has 0 aromatic carbocycles. The predicted molar refractivity (Wildman–Crippen MR) is 38.5 cm³/mol. The maximum atomic E-state index is 10.4. The van der Waals surface area contributed by atoms with Gasteiger partial charge in [-0.15, -0.1) is 0 Å². The molecular weight excluding hydrogens is 219 g/mol. The molecule has 0 radical (unpaired) electrons. The largest absolute Gasteiger partial charge is 1.00 e. The van der Waals surface area contributed by atoms with E-state index >= 15 is 0 Å². The van der Waals surface area contributed by atoms with Crippen molar-refractivity contribution in [1.29, 1.82) is 0 Å². The van der Waals surface area contributed by atoms with Gasteiger partial charge in [-0.1, -0.05) is 0 Å². The molecule has 8 N–H and O–H groups in total. The highest BCUT2D eigenvalue weighted by Crippen LogP contribution is 1.65. The molecule has 0 heterocycles. The van der Waals surface area contributed by atoms with Crippen molar-refractivity contribution in [2.45, 2.75) is 6.04 Å². The zero-order valence-corrected chi connectivity index (χ0v) is 8.64. The van der Waals surface area contributed by atoms with Crippen molar-refractivity contribution in [2.75, 3.05) is 13.6 Å². The minimum atomic E-state index is -0.888. The quantitative estimate of drug-likeness (QED) is 0.244. The van der Waals surface area contributed by atoms with Crippen LogP contribution in [0.25, 0.3) is 0 Å². The highest BCUT2D eigenvalue weighted by atomic mass is 35.5. The molecule has 8 heteroatoms. The first-order valence-electron chi connectivity index (χ1n) is 3.22. The average molecular weight is 233 g/mol. The number of aliphatic carboxylic acids is 1. The lowest BCUT2D eigenvalue weighted by atomic mass is 10.3. The molecule has 0 saturated heterocycles. The number of carbonyl (C=O) groups is 1. The van der Waals surface area contributed by atoms with Crippen LogP contribution >= 0.6 is 0 Å². The van der Waals surface area contributed by atoms with Gasteiger partial charge < -0.3 is 35.2 Å². The number of nitrogens with two attached hydrogens (primary N) is 3. The minimum absolute atomic E-state index is 0. The van der Waals surface area contributed by atoms with Gasteiger partial charge in [0, 0.05) is 0 Å². The maximum Gasteiger partial charge on any atom is 0.365 e. The smallest absolute Gasteiger partial charge is 0.365 e. The lowest BCUT2D eigenvalue weighted by molar-refractivity contribution is -0.678. The predicted octanol–water partition coefficient (Wildman–Crippen LogP) is -11.0. The first-order chi connectivity index (χ1) is 5.07. The van der Waals surface area contributed by atoms with Crippen LogP contribution in [-0.4, -0.2) is 36.7 Å². The summed E-state index contributed by atoms with van der Waals surface area (Å²) in [6.45, 7) is 0.230. The Hall–Kier alpha value is -0.720. The van der Waals surface area contributed by atoms with Gasteiger partial charge in [-0.05, 0) is 0 Å². The summed E-state index contributed by atoms with van der Waals surface area (Å²) in [6, 6.07) is -0.544. The Morgan fingerprint density at radius 2 is 2.00 bits per heavy atom. The highest BCUT2D eigenvalue weighted by Gasteiger charge is 2.18. The Morgan fingerprint density at radius 1 is 1.54 bits per heavy atom. The standard InChI is InChI=1S/C5H12N4O2.2ClH/c1-8-3(4(10)11)2-9-5(6)7;;/h3,8H,2H2,1H3,(H,10,11)(H4,6,7,9);2*1H. The summed E-state index contributed by atoms with van der Waals surface area (Å²) in [4.78, 5) is 12.9. The summed E-state index contributed by atoms with van der Waals surface area (Å²) in [5.74, 6) is -0.848. The third kappa shape index (κ3) is 9.19. The van der Waals surface area contributed by atoms with Crippen LogP contribution in [-0.2, 0) is 4.79 Å². The van der Waals surface area contributed by atoms with Gasteiger partial charge in [0.25, 0.3) is 0 Å². The number of quaternary nitrogens is 1. The fourth-order valence-electron chi connectivity index (χ4n) is 0.576. The van der Waals surface area contributed by atoms with Crippen molar-refractivity contribution in [1.82, 2.24) is 0 Å². The molecule has 0 amide bonds. The van der Waals surface area contributed by atoms with Crippen molar-refractivity contribution in [3.05, 3.63) is 0 Å². The van der Waals surface area contributed by atoms with Crippen molar-refractivity contribution in [2.24, 2.45) is 11.5 Å². The number of halogens is 2. The lowest BCUT2D eigenvalue weighted by Gasteiger charge is -2.02. The fourth-order valence-corrected chi connectivity index (χ4v) is 0.576. The number of carboxylic acids is 1. The Balaban J connectivity index is -0.000000500. The number of rotatable bonds is 4. The number of carboxylic acid groups (broad SMARTS) is 1. The van der Waals surface area contributed by atoms with Gasteiger partial charge >= 0.3 is 11.9 Å². The summed E-state index contributed by atoms with van der Waals surface area (Å²) in [5, 5.41) is 10.1. The molecule has 0 spiro atoms. The second kappa shape index (κ2) is 9.37. The average Bonchev–Trinajstić information content (AvgIpc) is 1.87. The minimum Gasteiger partial charge on any atom is -1.00 e. The van der Waals surface area contributed by atoms with E-state index in [9.17, 15) is 4.79 Å². The van der Waals surface area contributed by atoms with Crippen LogP contribution in [0.4, 0.5) is 0 Å². The number of guanidine groups is 1. The molecule has 6 nitrogen and oxygen atoms in total. The van der Waals surface area contributed by atoms with Crippen LogP contribution in [0.5, 0.6) is 0 Å². The Labute approximate surface area is 88.6 Å². The Kier molecular flexibility index (Phi) is 13.1. The van der Waals surface area contributed by atoms with Gasteiger partial charge in [-0.25, -0.2) is 4.79 Å². The third-order valence-corrected chi connectivity index (χ3v) is 1.25. The molecule has 1 unspecified atom stereocenters. The molecule has 0 saturated carbocycles. The molecule has 0 aliphatic carbocycles. The lowest BCUT2D eigenvalue weighted by Crippen LogP contribution is -3.00. The van der Waals surface area contributed by atoms with Crippen LogP contribution in [0.3, 0.4) is 0 Å². The van der Waals surface area contributed by atoms with Crippen LogP contribution in [0.15, 0.2) is 0 Å². The number of hydrogen-bond donors (Lipinski definition) is 5. The first-order valence-corrected chi connectivity index (χ1v) is 3.22. The van der Waals surface area contributed by atoms with E-state index in [0.717, 1.165) is 0 Å². The molecule has 80 valence electrons. The third-order valence-electron chi connectivity index (χ3n) is 1.25. The van der Waals surface area contributed by atoms with Gasteiger partial charge in [-0.3, -0.25) is 16.5 Å². The SMILES string of the molecule is C[NH2+]C(C[NH+]=C(N)N)C(=O)O.[Cl-].[Cl-]. The molecule has 1 atom stereocenters. The number of likely N-dealkylation sites (N-methyl/N-ethyl adjacent to an activating group) is 1. The fraction of sp³-hybridized carbons (Fsp3) is 0.600. The molecule has 0 fully saturated rings. The molecule has 13 heavy (non-hydrogen) atoms. The summed E-state index contributed by atoms with van der Waals surface area (Å²) in [6.07, 6.45) is 0. The van der Waals surface area contributed by atoms with Crippen LogP contribution in [0, 0.1) is 0 Å². The van der Waals surface area contributed by atoms with Gasteiger partial charge in [0.05, 0.1) is 7.05 Å². The monoisotopic (exact) mass is 232 g/mol. The summed E-state index contributed by atoms with van der Waals surface area (Å²) in [5.41, 5.74) is 10.1. The Bertz CT molecular complexity index is 172. The molecule has 0 rings (SSSR count). The van der Waals surface area contributed by atoms with E-state index in [1.54, 1.807) is 12.4 Å². The molecule has 0 aromatic rings. The van der Waals surface area contributed by atoms with Crippen LogP contribution < -0.4 is 46.6 Å². The highest BCUT2D eigenvalue weighted by molar-refractivity contribution is 5.72. The van der Waals surface area contributed by atoms with Gasteiger partial charge in [0.1, 0.15) is 6.54 Å². The number of hydrogen-bond acceptors (Lipinski definition) is 1. The van der Waals surface area contributed by atoms with Crippen LogP contribution in [0.2, 0.25) is 0 Å². The molecule has 0 bridgehead atoms. The van der Waals surface area contributed by atoms with Gasteiger partial charge in [-0.2, -0.15) is 0 Å². The van der Waals surface area contributed by atoms with Crippen LogP contribution in [0.1, 0.15) is 0 Å². The van der Waals surface area contributed by atoms with E-state index in [2.05, 4.69) is 4.99 Å². The molecule has 0 aliphatic heterocycles. The van der Waals surface area contributed by atoms with Gasteiger partial charge in [0.15, 0.2) is 0 Å². The summed E-state index contributed by atoms with van der Waals surface area (Å²) in [7, 11) is 1.67. The molecular formula is C5H14Cl2N4O2. The second-order valence-corrected chi connectivity index (χ2v) is 2.11. The maximum absolute atomic E-state index is 10.4. The van der Waals surface area contributed by atoms with E-state index in [4.69, 9.17) is 16.6 Å².